The summed E-state index contributed by atoms with van der Waals surface area (Å²) in [5.74, 6) is 0. The van der Waals surface area contributed by atoms with Gasteiger partial charge in [-0.05, 0) is 19.8 Å². The van der Waals surface area contributed by atoms with Gasteiger partial charge in [-0.1, -0.05) is 17.8 Å². The highest BCUT2D eigenvalue weighted by Gasteiger charge is 2.31. The maximum absolute atomic E-state index is 12.5. The molecule has 0 aromatic carbocycles. The zero-order chi connectivity index (χ0) is 14.8. The molecule has 0 saturated carbocycles. The lowest BCUT2D eigenvalue weighted by molar-refractivity contribution is -0.383. The highest BCUT2D eigenvalue weighted by molar-refractivity contribution is 7.91. The zero-order valence-electron chi connectivity index (χ0n) is 11.2. The fraction of sp³-hybridized carbons (Fsp3) is 0.636. The van der Waals surface area contributed by atoms with Crippen LogP contribution in [0.5, 0.6) is 0 Å². The van der Waals surface area contributed by atoms with Crippen LogP contribution in [0, 0.1) is 10.1 Å². The van der Waals surface area contributed by atoms with Crippen molar-refractivity contribution in [2.45, 2.75) is 30.4 Å². The number of nitro groups is 1. The summed E-state index contributed by atoms with van der Waals surface area (Å²) >= 11 is 0.931. The van der Waals surface area contributed by atoms with E-state index < -0.39 is 14.9 Å². The maximum atomic E-state index is 12.5. The largest absolute Gasteiger partial charge is 0.372 e. The SMILES string of the molecule is CCNc1sc(S(=O)(=O)N2CCCCC2)cc1[N+](=O)[O-]. The normalized spacial score (nSPS) is 17.1. The number of hydrogen-bond donors (Lipinski definition) is 1. The van der Waals surface area contributed by atoms with Crippen LogP contribution < -0.4 is 5.32 Å². The second kappa shape index (κ2) is 6.06. The van der Waals surface area contributed by atoms with Gasteiger partial charge in [-0.2, -0.15) is 4.31 Å². The van der Waals surface area contributed by atoms with E-state index in [2.05, 4.69) is 5.32 Å². The first-order chi connectivity index (χ1) is 9.46. The van der Waals surface area contributed by atoms with Crippen molar-refractivity contribution < 1.29 is 13.3 Å². The van der Waals surface area contributed by atoms with Crippen LogP contribution in [0.1, 0.15) is 26.2 Å². The third-order valence-electron chi connectivity index (χ3n) is 3.13. The summed E-state index contributed by atoms with van der Waals surface area (Å²) < 4.78 is 26.4. The highest BCUT2D eigenvalue weighted by Crippen LogP contribution is 2.38. The summed E-state index contributed by atoms with van der Waals surface area (Å²) in [7, 11) is -3.61. The van der Waals surface area contributed by atoms with E-state index in [0.717, 1.165) is 36.7 Å². The Morgan fingerprint density at radius 1 is 1.40 bits per heavy atom. The molecule has 0 unspecified atom stereocenters. The average molecular weight is 319 g/mol. The van der Waals surface area contributed by atoms with Crippen molar-refractivity contribution in [1.29, 1.82) is 0 Å². The minimum atomic E-state index is -3.61. The first-order valence-electron chi connectivity index (χ1n) is 6.49. The van der Waals surface area contributed by atoms with Crippen molar-refractivity contribution >= 4 is 32.0 Å². The quantitative estimate of drug-likeness (QED) is 0.664. The van der Waals surface area contributed by atoms with E-state index >= 15 is 0 Å². The molecular formula is C11H17N3O4S2. The van der Waals surface area contributed by atoms with Gasteiger partial charge in [-0.15, -0.1) is 0 Å². The Morgan fingerprint density at radius 2 is 2.05 bits per heavy atom. The first-order valence-corrected chi connectivity index (χ1v) is 8.74. The van der Waals surface area contributed by atoms with Gasteiger partial charge in [-0.3, -0.25) is 10.1 Å². The number of rotatable bonds is 5. The number of nitrogens with zero attached hydrogens (tertiary/aromatic N) is 2. The molecule has 20 heavy (non-hydrogen) atoms. The molecule has 1 aromatic heterocycles. The van der Waals surface area contributed by atoms with E-state index in [-0.39, 0.29) is 9.90 Å². The Balaban J connectivity index is 2.36. The second-order valence-electron chi connectivity index (χ2n) is 4.53. The third-order valence-corrected chi connectivity index (χ3v) is 6.56. The minimum Gasteiger partial charge on any atom is -0.372 e. The number of anilines is 1. The van der Waals surface area contributed by atoms with Crippen molar-refractivity contribution in [3.63, 3.8) is 0 Å². The fourth-order valence-electron chi connectivity index (χ4n) is 2.14. The number of piperidine rings is 1. The van der Waals surface area contributed by atoms with Gasteiger partial charge in [0.1, 0.15) is 4.21 Å². The van der Waals surface area contributed by atoms with Gasteiger partial charge in [0.2, 0.25) is 0 Å². The summed E-state index contributed by atoms with van der Waals surface area (Å²) in [4.78, 5) is 10.4. The average Bonchev–Trinajstić information content (AvgIpc) is 2.85. The van der Waals surface area contributed by atoms with Crippen LogP contribution in [0.15, 0.2) is 10.3 Å². The van der Waals surface area contributed by atoms with E-state index in [9.17, 15) is 18.5 Å². The molecule has 2 rings (SSSR count). The Hall–Kier alpha value is -1.19. The second-order valence-corrected chi connectivity index (χ2v) is 7.75. The van der Waals surface area contributed by atoms with E-state index in [0.29, 0.717) is 24.6 Å². The predicted octanol–water partition coefficient (Wildman–Crippen LogP) is 2.26. The summed E-state index contributed by atoms with van der Waals surface area (Å²) in [6, 6.07) is 1.16. The Morgan fingerprint density at radius 3 is 2.60 bits per heavy atom. The number of thiophene rings is 1. The number of nitrogens with one attached hydrogen (secondary N) is 1. The molecule has 0 bridgehead atoms. The molecule has 112 valence electrons. The topological polar surface area (TPSA) is 92.6 Å². The van der Waals surface area contributed by atoms with Gasteiger partial charge in [0.15, 0.2) is 5.00 Å². The Kier molecular flexibility index (Phi) is 4.61. The van der Waals surface area contributed by atoms with Crippen LogP contribution in [-0.2, 0) is 10.0 Å². The summed E-state index contributed by atoms with van der Waals surface area (Å²) in [6.45, 7) is 3.29. The van der Waals surface area contributed by atoms with E-state index in [1.165, 1.54) is 4.31 Å². The summed E-state index contributed by atoms with van der Waals surface area (Å²) in [5, 5.41) is 14.1. The highest BCUT2D eigenvalue weighted by atomic mass is 32.2. The molecule has 1 aliphatic heterocycles. The van der Waals surface area contributed by atoms with Gasteiger partial charge in [0.25, 0.3) is 10.0 Å². The molecular weight excluding hydrogens is 302 g/mol. The molecule has 0 radical (unpaired) electrons. The fourth-order valence-corrected chi connectivity index (χ4v) is 5.21. The van der Waals surface area contributed by atoms with Crippen LogP contribution in [0.4, 0.5) is 10.7 Å². The molecule has 1 saturated heterocycles. The molecule has 0 spiro atoms. The maximum Gasteiger partial charge on any atom is 0.304 e. The zero-order valence-corrected chi connectivity index (χ0v) is 12.8. The predicted molar refractivity (Wildman–Crippen MR) is 77.7 cm³/mol. The number of hydrogen-bond acceptors (Lipinski definition) is 6. The Bertz CT molecular complexity index is 591. The molecule has 2 heterocycles. The lowest BCUT2D eigenvalue weighted by Crippen LogP contribution is -2.35. The Labute approximate surface area is 121 Å². The number of sulfonamides is 1. The van der Waals surface area contributed by atoms with Crippen LogP contribution in [-0.4, -0.2) is 37.3 Å². The van der Waals surface area contributed by atoms with E-state index in [4.69, 9.17) is 0 Å². The van der Waals surface area contributed by atoms with Crippen molar-refractivity contribution in [3.05, 3.63) is 16.2 Å². The lowest BCUT2D eigenvalue weighted by Gasteiger charge is -2.24. The third kappa shape index (κ3) is 2.94. The van der Waals surface area contributed by atoms with Crippen LogP contribution in [0.25, 0.3) is 0 Å². The molecule has 1 aromatic rings. The smallest absolute Gasteiger partial charge is 0.304 e. The monoisotopic (exact) mass is 319 g/mol. The molecule has 1 N–H and O–H groups in total. The summed E-state index contributed by atoms with van der Waals surface area (Å²) in [5.41, 5.74) is -0.174. The lowest BCUT2D eigenvalue weighted by atomic mass is 10.2. The molecule has 0 aliphatic carbocycles. The van der Waals surface area contributed by atoms with Gasteiger partial charge in [0, 0.05) is 25.7 Å². The minimum absolute atomic E-state index is 0.0436. The molecule has 1 fully saturated rings. The van der Waals surface area contributed by atoms with Gasteiger partial charge in [0.05, 0.1) is 4.92 Å². The van der Waals surface area contributed by atoms with E-state index in [1.54, 1.807) is 0 Å². The standard InChI is InChI=1S/C11H17N3O4S2/c1-2-12-11-9(14(15)16)8-10(19-11)20(17,18)13-6-4-3-5-7-13/h8,12H,2-7H2,1H3. The first kappa shape index (κ1) is 15.2. The van der Waals surface area contributed by atoms with Crippen molar-refractivity contribution in [3.8, 4) is 0 Å². The molecule has 0 atom stereocenters. The van der Waals surface area contributed by atoms with Gasteiger partial charge >= 0.3 is 5.69 Å². The molecule has 0 amide bonds. The van der Waals surface area contributed by atoms with Gasteiger partial charge < -0.3 is 5.32 Å². The summed E-state index contributed by atoms with van der Waals surface area (Å²) in [6.07, 6.45) is 2.71. The van der Waals surface area contributed by atoms with Crippen LogP contribution in [0.3, 0.4) is 0 Å². The molecule has 1 aliphatic rings. The van der Waals surface area contributed by atoms with Crippen LogP contribution in [0.2, 0.25) is 0 Å². The van der Waals surface area contributed by atoms with Crippen molar-refractivity contribution in [1.82, 2.24) is 4.31 Å². The molecule has 7 nitrogen and oxygen atoms in total. The van der Waals surface area contributed by atoms with Gasteiger partial charge in [-0.25, -0.2) is 8.42 Å². The van der Waals surface area contributed by atoms with Crippen LogP contribution >= 0.6 is 11.3 Å². The van der Waals surface area contributed by atoms with E-state index in [1.807, 2.05) is 6.92 Å². The van der Waals surface area contributed by atoms with Crippen molar-refractivity contribution in [2.24, 2.45) is 0 Å². The van der Waals surface area contributed by atoms with Crippen molar-refractivity contribution in [2.75, 3.05) is 25.0 Å². The molecule has 9 heteroatoms.